The van der Waals surface area contributed by atoms with E-state index in [2.05, 4.69) is 21.2 Å². The lowest BCUT2D eigenvalue weighted by Crippen LogP contribution is -2.19. The molecule has 1 amide bonds. The van der Waals surface area contributed by atoms with Crippen molar-refractivity contribution in [1.29, 1.82) is 0 Å². The lowest BCUT2D eigenvalue weighted by molar-refractivity contribution is -0.116. The Kier molecular flexibility index (Phi) is 3.59. The number of carbonyl (C=O) groups is 1. The van der Waals surface area contributed by atoms with Crippen molar-refractivity contribution >= 4 is 33.2 Å². The molecule has 4 nitrogen and oxygen atoms in total. The fourth-order valence-electron chi connectivity index (χ4n) is 2.32. The summed E-state index contributed by atoms with van der Waals surface area (Å²) in [5.74, 6) is 1.35. The van der Waals surface area contributed by atoms with Crippen LogP contribution in [0, 0.1) is 6.92 Å². The van der Waals surface area contributed by atoms with Gasteiger partial charge in [0, 0.05) is 12.1 Å². The molecule has 21 heavy (non-hydrogen) atoms. The molecule has 0 atom stereocenters. The number of benzene rings is 2. The normalized spacial score (nSPS) is 13.5. The number of nitrogens with two attached hydrogens (primary N) is 1. The molecule has 5 heteroatoms. The van der Waals surface area contributed by atoms with Crippen LogP contribution in [-0.2, 0) is 11.2 Å². The van der Waals surface area contributed by atoms with Gasteiger partial charge in [-0.1, -0.05) is 6.07 Å². The van der Waals surface area contributed by atoms with Gasteiger partial charge in [-0.25, -0.2) is 0 Å². The third kappa shape index (κ3) is 2.88. The molecule has 0 unspecified atom stereocenters. The van der Waals surface area contributed by atoms with E-state index in [1.807, 2.05) is 31.2 Å². The number of ether oxygens (including phenoxy) is 1. The van der Waals surface area contributed by atoms with Gasteiger partial charge < -0.3 is 15.8 Å². The molecule has 0 spiro atoms. The van der Waals surface area contributed by atoms with Crippen molar-refractivity contribution in [3.63, 3.8) is 0 Å². The van der Waals surface area contributed by atoms with Crippen LogP contribution < -0.4 is 15.8 Å². The van der Waals surface area contributed by atoms with Crippen LogP contribution >= 0.6 is 15.9 Å². The van der Waals surface area contributed by atoms with Crippen molar-refractivity contribution in [2.24, 2.45) is 0 Å². The summed E-state index contributed by atoms with van der Waals surface area (Å²) in [6.07, 6.45) is 1.19. The molecule has 0 saturated carbocycles. The molecule has 2 aromatic rings. The summed E-state index contributed by atoms with van der Waals surface area (Å²) in [4.78, 5) is 11.4. The van der Waals surface area contributed by atoms with Crippen LogP contribution in [-0.4, -0.2) is 5.91 Å². The lowest BCUT2D eigenvalue weighted by Gasteiger charge is -2.19. The Morgan fingerprint density at radius 2 is 2.00 bits per heavy atom. The van der Waals surface area contributed by atoms with E-state index >= 15 is 0 Å². The molecular formula is C16H15BrN2O2. The Labute approximate surface area is 131 Å². The minimum Gasteiger partial charge on any atom is -0.454 e. The Morgan fingerprint density at radius 3 is 2.76 bits per heavy atom. The molecule has 0 saturated heterocycles. The highest BCUT2D eigenvalue weighted by Gasteiger charge is 2.17. The molecule has 1 aliphatic rings. The van der Waals surface area contributed by atoms with E-state index in [1.165, 1.54) is 0 Å². The van der Waals surface area contributed by atoms with Gasteiger partial charge in [0.25, 0.3) is 0 Å². The Balaban J connectivity index is 1.94. The van der Waals surface area contributed by atoms with Crippen LogP contribution in [0.25, 0.3) is 0 Å². The average molecular weight is 347 g/mol. The second-order valence-corrected chi connectivity index (χ2v) is 5.99. The fraction of sp³-hybridized carbons (Fsp3) is 0.188. The maximum Gasteiger partial charge on any atom is 0.224 e. The number of rotatable bonds is 2. The molecule has 1 heterocycles. The highest BCUT2D eigenvalue weighted by molar-refractivity contribution is 9.10. The molecule has 2 aromatic carbocycles. The van der Waals surface area contributed by atoms with Crippen LogP contribution in [0.5, 0.6) is 11.5 Å². The number of hydrogen-bond acceptors (Lipinski definition) is 3. The SMILES string of the molecule is Cc1ccc(Oc2cc3c(cc2N)NC(=O)CC3)c(Br)c1. The monoisotopic (exact) mass is 346 g/mol. The largest absolute Gasteiger partial charge is 0.454 e. The van der Waals surface area contributed by atoms with Crippen LogP contribution in [0.15, 0.2) is 34.8 Å². The second kappa shape index (κ2) is 5.41. The van der Waals surface area contributed by atoms with Gasteiger partial charge in [0.1, 0.15) is 5.75 Å². The van der Waals surface area contributed by atoms with Crippen LogP contribution in [0.3, 0.4) is 0 Å². The Hall–Kier alpha value is -2.01. The van der Waals surface area contributed by atoms with Crippen LogP contribution in [0.1, 0.15) is 17.5 Å². The highest BCUT2D eigenvalue weighted by atomic mass is 79.9. The summed E-state index contributed by atoms with van der Waals surface area (Å²) in [5.41, 5.74) is 9.50. The van der Waals surface area contributed by atoms with E-state index in [0.717, 1.165) is 21.3 Å². The van der Waals surface area contributed by atoms with Crippen molar-refractivity contribution in [3.05, 3.63) is 45.9 Å². The molecular weight excluding hydrogens is 332 g/mol. The first-order valence-corrected chi connectivity index (χ1v) is 7.48. The van der Waals surface area contributed by atoms with Gasteiger partial charge in [0.2, 0.25) is 5.91 Å². The quantitative estimate of drug-likeness (QED) is 0.807. The molecule has 1 aliphatic heterocycles. The van der Waals surface area contributed by atoms with Crippen LogP contribution in [0.2, 0.25) is 0 Å². The fourth-order valence-corrected chi connectivity index (χ4v) is 2.89. The number of amides is 1. The molecule has 3 N–H and O–H groups in total. The van der Waals surface area contributed by atoms with Gasteiger partial charge in [-0.3, -0.25) is 4.79 Å². The zero-order valence-electron chi connectivity index (χ0n) is 11.6. The average Bonchev–Trinajstić information content (AvgIpc) is 2.42. The van der Waals surface area contributed by atoms with Gasteiger partial charge in [0.05, 0.1) is 10.2 Å². The number of carbonyl (C=O) groups excluding carboxylic acids is 1. The highest BCUT2D eigenvalue weighted by Crippen LogP contribution is 2.37. The predicted molar refractivity (Wildman–Crippen MR) is 86.8 cm³/mol. The molecule has 0 aromatic heterocycles. The smallest absolute Gasteiger partial charge is 0.224 e. The van der Waals surface area contributed by atoms with Crippen LogP contribution in [0.4, 0.5) is 11.4 Å². The van der Waals surface area contributed by atoms with Gasteiger partial charge in [-0.2, -0.15) is 0 Å². The zero-order valence-corrected chi connectivity index (χ0v) is 13.2. The van der Waals surface area contributed by atoms with E-state index in [4.69, 9.17) is 10.5 Å². The van der Waals surface area contributed by atoms with E-state index in [0.29, 0.717) is 30.0 Å². The van der Waals surface area contributed by atoms with Crippen molar-refractivity contribution < 1.29 is 9.53 Å². The topological polar surface area (TPSA) is 64.3 Å². The van der Waals surface area contributed by atoms with Crippen molar-refractivity contribution in [3.8, 4) is 11.5 Å². The first-order chi connectivity index (χ1) is 10.0. The summed E-state index contributed by atoms with van der Waals surface area (Å²) >= 11 is 3.49. The number of fused-ring (bicyclic) bond motifs is 1. The number of aryl methyl sites for hydroxylation is 2. The minimum absolute atomic E-state index is 0.0249. The number of nitrogen functional groups attached to an aromatic ring is 1. The van der Waals surface area contributed by atoms with Gasteiger partial charge in [-0.05, 0) is 64.7 Å². The Morgan fingerprint density at radius 1 is 1.19 bits per heavy atom. The lowest BCUT2D eigenvalue weighted by atomic mass is 10.0. The predicted octanol–water partition coefficient (Wildman–Crippen LogP) is 4.02. The molecule has 0 radical (unpaired) electrons. The van der Waals surface area contributed by atoms with Gasteiger partial charge in [-0.15, -0.1) is 0 Å². The number of hydrogen-bond donors (Lipinski definition) is 2. The summed E-state index contributed by atoms with van der Waals surface area (Å²) in [6, 6.07) is 9.53. The Bertz CT molecular complexity index is 728. The zero-order chi connectivity index (χ0) is 15.0. The van der Waals surface area contributed by atoms with Crippen molar-refractivity contribution in [2.75, 3.05) is 11.1 Å². The maximum absolute atomic E-state index is 11.4. The molecule has 3 rings (SSSR count). The summed E-state index contributed by atoms with van der Waals surface area (Å²) in [5, 5.41) is 2.83. The van der Waals surface area contributed by atoms with E-state index in [9.17, 15) is 4.79 Å². The van der Waals surface area contributed by atoms with E-state index in [1.54, 1.807) is 6.07 Å². The molecule has 0 bridgehead atoms. The third-order valence-electron chi connectivity index (χ3n) is 3.44. The van der Waals surface area contributed by atoms with E-state index < -0.39 is 0 Å². The molecule has 0 fully saturated rings. The second-order valence-electron chi connectivity index (χ2n) is 5.13. The number of anilines is 2. The first kappa shape index (κ1) is 13.9. The maximum atomic E-state index is 11.4. The van der Waals surface area contributed by atoms with Gasteiger partial charge in [0.15, 0.2) is 5.75 Å². The molecule has 108 valence electrons. The first-order valence-electron chi connectivity index (χ1n) is 6.69. The standard InChI is InChI=1S/C16H15BrN2O2/c1-9-2-4-14(11(17)6-9)21-15-7-10-3-5-16(20)19-13(10)8-12(15)18/h2,4,6-8H,3,5,18H2,1H3,(H,19,20). The molecule has 0 aliphatic carbocycles. The number of halogens is 1. The van der Waals surface area contributed by atoms with Crippen molar-refractivity contribution in [2.45, 2.75) is 19.8 Å². The van der Waals surface area contributed by atoms with E-state index in [-0.39, 0.29) is 5.91 Å². The van der Waals surface area contributed by atoms with Crippen molar-refractivity contribution in [1.82, 2.24) is 0 Å². The minimum atomic E-state index is 0.0249. The third-order valence-corrected chi connectivity index (χ3v) is 4.06. The number of nitrogens with one attached hydrogen (secondary N) is 1. The summed E-state index contributed by atoms with van der Waals surface area (Å²) < 4.78 is 6.79. The summed E-state index contributed by atoms with van der Waals surface area (Å²) in [7, 11) is 0. The van der Waals surface area contributed by atoms with Gasteiger partial charge >= 0.3 is 0 Å². The summed E-state index contributed by atoms with van der Waals surface area (Å²) in [6.45, 7) is 2.02.